The highest BCUT2D eigenvalue weighted by Crippen LogP contribution is 2.43. The summed E-state index contributed by atoms with van der Waals surface area (Å²) in [6.07, 6.45) is 3.23. The highest BCUT2D eigenvalue weighted by Gasteiger charge is 2.48. The van der Waals surface area contributed by atoms with Crippen molar-refractivity contribution in [1.82, 2.24) is 23.5 Å². The molecule has 2 aromatic heterocycles. The molecule has 158 valence electrons. The quantitative estimate of drug-likeness (QED) is 0.658. The fraction of sp³-hybridized carbons (Fsp3) is 0.421. The van der Waals surface area contributed by atoms with E-state index in [4.69, 9.17) is 5.14 Å². The molecule has 0 spiro atoms. The van der Waals surface area contributed by atoms with E-state index in [0.29, 0.717) is 42.2 Å². The molecule has 11 heteroatoms. The van der Waals surface area contributed by atoms with E-state index in [1.807, 2.05) is 4.57 Å². The summed E-state index contributed by atoms with van der Waals surface area (Å²) in [6, 6.07) is 5.67. The van der Waals surface area contributed by atoms with Crippen LogP contribution in [0.5, 0.6) is 0 Å². The minimum Gasteiger partial charge on any atom is -0.316 e. The van der Waals surface area contributed by atoms with Crippen LogP contribution in [0.4, 0.5) is 4.39 Å². The Kier molecular flexibility index (Phi) is 4.31. The molecule has 1 aliphatic carbocycles. The first-order valence-electron chi connectivity index (χ1n) is 9.73. The second-order valence-corrected chi connectivity index (χ2v) is 9.64. The molecule has 2 aliphatic rings. The SMILES string of the molecule is Cc1nc2n(C[C@H]3C[C@H]4C[C@@H]3CN4S(N)(=O)=O)cc(-c3ccc(F)cc3)c(=O)n2n1. The molecule has 3 atom stereocenters. The standard InChI is InChI=1S/C19H21FN6O3S/c1-11-22-19-24(8-13-6-16-7-14(13)9-25(16)30(21,28)29)10-17(18(27)26(19)23-11)12-2-4-15(20)5-3-12/h2-5,10,13-14,16H,6-9H2,1H3,(H2,21,28,29)/t13-,14-,16+/m1/s1. The predicted octanol–water partition coefficient (Wildman–Crippen LogP) is 0.919. The molecular weight excluding hydrogens is 411 g/mol. The van der Waals surface area contributed by atoms with E-state index < -0.39 is 10.2 Å². The highest BCUT2D eigenvalue weighted by molar-refractivity contribution is 7.86. The van der Waals surface area contributed by atoms with Crippen LogP contribution in [0, 0.1) is 24.6 Å². The minimum absolute atomic E-state index is 0.0819. The summed E-state index contributed by atoms with van der Waals surface area (Å²) in [5.41, 5.74) is 0.682. The van der Waals surface area contributed by atoms with E-state index in [1.165, 1.54) is 21.0 Å². The van der Waals surface area contributed by atoms with Gasteiger partial charge in [0.15, 0.2) is 0 Å². The Labute approximate surface area is 172 Å². The maximum Gasteiger partial charge on any atom is 0.283 e. The molecule has 1 aromatic carbocycles. The van der Waals surface area contributed by atoms with Gasteiger partial charge < -0.3 is 4.57 Å². The normalized spacial score (nSPS) is 24.2. The highest BCUT2D eigenvalue weighted by atomic mass is 32.2. The molecule has 2 bridgehead atoms. The van der Waals surface area contributed by atoms with Crippen LogP contribution in [-0.2, 0) is 16.8 Å². The number of aromatic nitrogens is 4. The Balaban J connectivity index is 1.53. The summed E-state index contributed by atoms with van der Waals surface area (Å²) in [6.45, 7) is 2.72. The molecule has 1 aliphatic heterocycles. The van der Waals surface area contributed by atoms with Crippen LogP contribution < -0.4 is 10.7 Å². The zero-order valence-electron chi connectivity index (χ0n) is 16.3. The molecule has 5 rings (SSSR count). The number of nitrogens with two attached hydrogens (primary N) is 1. The Morgan fingerprint density at radius 3 is 2.60 bits per heavy atom. The van der Waals surface area contributed by atoms with Crippen LogP contribution in [-0.4, -0.2) is 44.5 Å². The summed E-state index contributed by atoms with van der Waals surface area (Å²) in [5.74, 6) is 0.974. The van der Waals surface area contributed by atoms with Gasteiger partial charge in [-0.1, -0.05) is 12.1 Å². The first kappa shape index (κ1) is 19.3. The molecule has 3 heterocycles. The van der Waals surface area contributed by atoms with Crippen LogP contribution >= 0.6 is 0 Å². The molecule has 30 heavy (non-hydrogen) atoms. The number of fused-ring (bicyclic) bond motifs is 3. The topological polar surface area (TPSA) is 116 Å². The van der Waals surface area contributed by atoms with E-state index >= 15 is 0 Å². The molecular formula is C19H21FN6O3S. The number of nitrogens with zero attached hydrogens (tertiary/aromatic N) is 5. The monoisotopic (exact) mass is 432 g/mol. The number of hydrogen-bond donors (Lipinski definition) is 1. The molecule has 0 amide bonds. The zero-order valence-corrected chi connectivity index (χ0v) is 17.1. The van der Waals surface area contributed by atoms with E-state index in [9.17, 15) is 17.6 Å². The van der Waals surface area contributed by atoms with Crippen molar-refractivity contribution in [1.29, 1.82) is 0 Å². The van der Waals surface area contributed by atoms with Crippen molar-refractivity contribution in [2.24, 2.45) is 17.0 Å². The van der Waals surface area contributed by atoms with Crippen molar-refractivity contribution < 1.29 is 12.8 Å². The van der Waals surface area contributed by atoms with Crippen LogP contribution in [0.2, 0.25) is 0 Å². The summed E-state index contributed by atoms with van der Waals surface area (Å²) < 4.78 is 41.4. The molecule has 1 saturated carbocycles. The number of rotatable bonds is 4. The largest absolute Gasteiger partial charge is 0.316 e. The number of benzene rings is 1. The van der Waals surface area contributed by atoms with Gasteiger partial charge in [-0.15, -0.1) is 5.10 Å². The van der Waals surface area contributed by atoms with Crippen molar-refractivity contribution in [2.45, 2.75) is 32.4 Å². The summed E-state index contributed by atoms with van der Waals surface area (Å²) >= 11 is 0. The second-order valence-electron chi connectivity index (χ2n) is 8.14. The van der Waals surface area contributed by atoms with Gasteiger partial charge in [0.05, 0.1) is 5.56 Å². The Morgan fingerprint density at radius 1 is 1.23 bits per heavy atom. The summed E-state index contributed by atoms with van der Waals surface area (Å²) in [4.78, 5) is 17.4. The molecule has 3 aromatic rings. The fourth-order valence-corrected chi connectivity index (χ4v) is 5.86. The van der Waals surface area contributed by atoms with Crippen molar-refractivity contribution in [2.75, 3.05) is 6.54 Å². The van der Waals surface area contributed by atoms with Gasteiger partial charge in [-0.25, -0.2) is 9.53 Å². The van der Waals surface area contributed by atoms with Gasteiger partial charge in [0, 0.05) is 25.3 Å². The van der Waals surface area contributed by atoms with E-state index in [1.54, 1.807) is 25.3 Å². The Morgan fingerprint density at radius 2 is 1.97 bits per heavy atom. The zero-order chi connectivity index (χ0) is 21.2. The lowest BCUT2D eigenvalue weighted by atomic mass is 9.95. The van der Waals surface area contributed by atoms with Crippen molar-refractivity contribution in [3.05, 3.63) is 52.5 Å². The molecule has 2 fully saturated rings. The first-order chi connectivity index (χ1) is 14.2. The van der Waals surface area contributed by atoms with Crippen LogP contribution in [0.15, 0.2) is 35.3 Å². The lowest BCUT2D eigenvalue weighted by Gasteiger charge is -2.29. The van der Waals surface area contributed by atoms with Crippen molar-refractivity contribution in [3.63, 3.8) is 0 Å². The third kappa shape index (κ3) is 3.13. The maximum absolute atomic E-state index is 13.3. The summed E-state index contributed by atoms with van der Waals surface area (Å²) in [7, 11) is -3.68. The molecule has 0 unspecified atom stereocenters. The second kappa shape index (κ2) is 6.69. The number of aryl methyl sites for hydroxylation is 1. The van der Waals surface area contributed by atoms with E-state index in [0.717, 1.165) is 6.42 Å². The average Bonchev–Trinajstić information content (AvgIpc) is 3.38. The first-order valence-corrected chi connectivity index (χ1v) is 11.2. The number of hydrogen-bond acceptors (Lipinski definition) is 5. The molecule has 9 nitrogen and oxygen atoms in total. The van der Waals surface area contributed by atoms with Crippen molar-refractivity contribution in [3.8, 4) is 11.1 Å². The van der Waals surface area contributed by atoms with Gasteiger partial charge in [0.1, 0.15) is 11.6 Å². The van der Waals surface area contributed by atoms with Gasteiger partial charge in [0.25, 0.3) is 15.8 Å². The van der Waals surface area contributed by atoms with Crippen LogP contribution in [0.1, 0.15) is 18.7 Å². The predicted molar refractivity (Wildman–Crippen MR) is 107 cm³/mol. The smallest absolute Gasteiger partial charge is 0.283 e. The number of halogens is 1. The lowest BCUT2D eigenvalue weighted by Crippen LogP contribution is -2.44. The summed E-state index contributed by atoms with van der Waals surface area (Å²) in [5, 5.41) is 9.56. The van der Waals surface area contributed by atoms with Crippen LogP contribution in [0.25, 0.3) is 16.9 Å². The van der Waals surface area contributed by atoms with E-state index in [-0.39, 0.29) is 29.3 Å². The third-order valence-electron chi connectivity index (χ3n) is 6.21. The van der Waals surface area contributed by atoms with Gasteiger partial charge >= 0.3 is 0 Å². The van der Waals surface area contributed by atoms with Gasteiger partial charge in [0.2, 0.25) is 5.78 Å². The van der Waals surface area contributed by atoms with Gasteiger partial charge in [-0.05, 0) is 49.3 Å². The van der Waals surface area contributed by atoms with Crippen molar-refractivity contribution >= 4 is 16.0 Å². The minimum atomic E-state index is -3.68. The maximum atomic E-state index is 13.3. The number of piperidine rings is 1. The fourth-order valence-electron chi connectivity index (χ4n) is 4.88. The van der Waals surface area contributed by atoms with E-state index in [2.05, 4.69) is 10.1 Å². The lowest BCUT2D eigenvalue weighted by molar-refractivity contribution is 0.242. The molecule has 0 radical (unpaired) electrons. The van der Waals surface area contributed by atoms with Crippen LogP contribution in [0.3, 0.4) is 0 Å². The third-order valence-corrected chi connectivity index (χ3v) is 7.31. The molecule has 1 saturated heterocycles. The Hall–Kier alpha value is -2.63. The Bertz CT molecular complexity index is 1300. The molecule has 2 N–H and O–H groups in total. The average molecular weight is 432 g/mol. The van der Waals surface area contributed by atoms with Gasteiger partial charge in [-0.2, -0.15) is 22.2 Å². The van der Waals surface area contributed by atoms with Gasteiger partial charge in [-0.3, -0.25) is 4.79 Å².